The zero-order valence-corrected chi connectivity index (χ0v) is 13.1. The van der Waals surface area contributed by atoms with Gasteiger partial charge in [0, 0.05) is 11.8 Å². The van der Waals surface area contributed by atoms with Gasteiger partial charge in [0.1, 0.15) is 0 Å². The standard InChI is InChI=1S/C17H23NO3/c1-5-6-7-16(19)21-13(4)17(20)18-15-10-8-14(9-11-15)12(2)3/h6-13H,5H2,1-4H3,(H,18,20)/b7-6+/t13-/m1/s1. The van der Waals surface area contributed by atoms with Crippen molar-refractivity contribution in [2.75, 3.05) is 5.32 Å². The van der Waals surface area contributed by atoms with Crippen LogP contribution in [-0.2, 0) is 14.3 Å². The fourth-order valence-corrected chi connectivity index (χ4v) is 1.68. The molecule has 0 fully saturated rings. The lowest BCUT2D eigenvalue weighted by molar-refractivity contribution is -0.148. The molecule has 0 bridgehead atoms. The van der Waals surface area contributed by atoms with Crippen LogP contribution >= 0.6 is 0 Å². The molecular weight excluding hydrogens is 266 g/mol. The Hall–Kier alpha value is -2.10. The van der Waals surface area contributed by atoms with Gasteiger partial charge in [-0.15, -0.1) is 0 Å². The van der Waals surface area contributed by atoms with Gasteiger partial charge in [0.05, 0.1) is 0 Å². The lowest BCUT2D eigenvalue weighted by atomic mass is 10.0. The molecule has 0 aromatic heterocycles. The SMILES string of the molecule is CC/C=C/C(=O)O[C@H](C)C(=O)Nc1ccc(C(C)C)cc1. The maximum atomic E-state index is 11.9. The summed E-state index contributed by atoms with van der Waals surface area (Å²) in [5.41, 5.74) is 1.90. The molecule has 0 saturated heterocycles. The number of allylic oxidation sites excluding steroid dienone is 1. The van der Waals surface area contributed by atoms with E-state index in [-0.39, 0.29) is 5.91 Å². The van der Waals surface area contributed by atoms with Crippen molar-refractivity contribution in [1.82, 2.24) is 0 Å². The Labute approximate surface area is 126 Å². The Bertz CT molecular complexity index is 503. The van der Waals surface area contributed by atoms with Crippen molar-refractivity contribution in [3.63, 3.8) is 0 Å². The first kappa shape index (κ1) is 17.0. The molecule has 1 N–H and O–H groups in total. The molecule has 0 unspecified atom stereocenters. The molecule has 1 atom stereocenters. The highest BCUT2D eigenvalue weighted by atomic mass is 16.5. The van der Waals surface area contributed by atoms with Crippen LogP contribution in [0.15, 0.2) is 36.4 Å². The number of anilines is 1. The van der Waals surface area contributed by atoms with Gasteiger partial charge < -0.3 is 10.1 Å². The summed E-state index contributed by atoms with van der Waals surface area (Å²) in [6, 6.07) is 7.64. The summed E-state index contributed by atoms with van der Waals surface area (Å²) in [5.74, 6) is -0.403. The summed E-state index contributed by atoms with van der Waals surface area (Å²) in [5, 5.41) is 2.73. The van der Waals surface area contributed by atoms with E-state index in [0.717, 1.165) is 6.42 Å². The highest BCUT2D eigenvalue weighted by Gasteiger charge is 2.16. The van der Waals surface area contributed by atoms with E-state index in [4.69, 9.17) is 4.74 Å². The molecule has 4 nitrogen and oxygen atoms in total. The van der Waals surface area contributed by atoms with Crippen LogP contribution in [0, 0.1) is 0 Å². The van der Waals surface area contributed by atoms with Gasteiger partial charge in [0.25, 0.3) is 5.91 Å². The molecule has 4 heteroatoms. The fraction of sp³-hybridized carbons (Fsp3) is 0.412. The minimum absolute atomic E-state index is 0.342. The molecule has 0 radical (unpaired) electrons. The molecule has 114 valence electrons. The van der Waals surface area contributed by atoms with Gasteiger partial charge in [-0.05, 0) is 37.0 Å². The molecule has 1 amide bonds. The van der Waals surface area contributed by atoms with Crippen molar-refractivity contribution in [2.45, 2.75) is 46.1 Å². The third kappa shape index (κ3) is 5.81. The minimum Gasteiger partial charge on any atom is -0.449 e. The van der Waals surface area contributed by atoms with Gasteiger partial charge in [-0.1, -0.05) is 39.0 Å². The lowest BCUT2D eigenvalue weighted by Gasteiger charge is -2.13. The maximum absolute atomic E-state index is 11.9. The van der Waals surface area contributed by atoms with Gasteiger partial charge in [-0.2, -0.15) is 0 Å². The summed E-state index contributed by atoms with van der Waals surface area (Å²) in [4.78, 5) is 23.3. The minimum atomic E-state index is -0.830. The van der Waals surface area contributed by atoms with Crippen molar-refractivity contribution in [1.29, 1.82) is 0 Å². The van der Waals surface area contributed by atoms with E-state index in [0.29, 0.717) is 11.6 Å². The summed E-state index contributed by atoms with van der Waals surface area (Å²) in [7, 11) is 0. The van der Waals surface area contributed by atoms with Gasteiger partial charge in [-0.3, -0.25) is 4.79 Å². The van der Waals surface area contributed by atoms with E-state index in [1.807, 2.05) is 31.2 Å². The molecule has 0 heterocycles. The number of rotatable bonds is 6. The number of esters is 1. The zero-order valence-electron chi connectivity index (χ0n) is 13.1. The lowest BCUT2D eigenvalue weighted by Crippen LogP contribution is -2.29. The van der Waals surface area contributed by atoms with Crippen molar-refractivity contribution in [2.24, 2.45) is 0 Å². The number of benzene rings is 1. The molecule has 21 heavy (non-hydrogen) atoms. The number of hydrogen-bond acceptors (Lipinski definition) is 3. The smallest absolute Gasteiger partial charge is 0.331 e. The Morgan fingerprint density at radius 3 is 2.33 bits per heavy atom. The van der Waals surface area contributed by atoms with Gasteiger partial charge in [0.15, 0.2) is 6.10 Å². The van der Waals surface area contributed by atoms with Crippen LogP contribution in [-0.4, -0.2) is 18.0 Å². The quantitative estimate of drug-likeness (QED) is 0.642. The number of hydrogen-bond donors (Lipinski definition) is 1. The van der Waals surface area contributed by atoms with E-state index < -0.39 is 12.1 Å². The van der Waals surface area contributed by atoms with Crippen molar-refractivity contribution >= 4 is 17.6 Å². The van der Waals surface area contributed by atoms with E-state index in [2.05, 4.69) is 19.2 Å². The topological polar surface area (TPSA) is 55.4 Å². The average Bonchev–Trinajstić information content (AvgIpc) is 2.45. The molecular formula is C17H23NO3. The van der Waals surface area contributed by atoms with Crippen molar-refractivity contribution in [3.8, 4) is 0 Å². The van der Waals surface area contributed by atoms with Crippen LogP contribution in [0.2, 0.25) is 0 Å². The van der Waals surface area contributed by atoms with Crippen LogP contribution in [0.1, 0.15) is 45.6 Å². The van der Waals surface area contributed by atoms with E-state index in [1.165, 1.54) is 11.6 Å². The Morgan fingerprint density at radius 1 is 1.19 bits per heavy atom. The fourth-order valence-electron chi connectivity index (χ4n) is 1.68. The second-order valence-corrected chi connectivity index (χ2v) is 5.16. The molecule has 0 aliphatic heterocycles. The predicted molar refractivity (Wildman–Crippen MR) is 84.1 cm³/mol. The van der Waals surface area contributed by atoms with Crippen LogP contribution in [0.25, 0.3) is 0 Å². The van der Waals surface area contributed by atoms with Gasteiger partial charge >= 0.3 is 5.97 Å². The highest BCUT2D eigenvalue weighted by Crippen LogP contribution is 2.17. The number of nitrogens with one attached hydrogen (secondary N) is 1. The molecule has 0 spiro atoms. The number of amides is 1. The second-order valence-electron chi connectivity index (χ2n) is 5.16. The van der Waals surface area contributed by atoms with E-state index in [9.17, 15) is 9.59 Å². The Morgan fingerprint density at radius 2 is 1.81 bits per heavy atom. The maximum Gasteiger partial charge on any atom is 0.331 e. The Balaban J connectivity index is 2.55. The molecule has 1 rings (SSSR count). The first-order valence-electron chi connectivity index (χ1n) is 7.22. The highest BCUT2D eigenvalue weighted by molar-refractivity contribution is 5.95. The normalized spacial score (nSPS) is 12.4. The van der Waals surface area contributed by atoms with Crippen LogP contribution in [0.5, 0.6) is 0 Å². The number of carbonyl (C=O) groups is 2. The summed E-state index contributed by atoms with van der Waals surface area (Å²) < 4.78 is 5.01. The van der Waals surface area contributed by atoms with E-state index in [1.54, 1.807) is 13.0 Å². The second kappa shape index (κ2) is 8.25. The van der Waals surface area contributed by atoms with Crippen molar-refractivity contribution < 1.29 is 14.3 Å². The molecule has 0 saturated carbocycles. The molecule has 1 aromatic carbocycles. The summed E-state index contributed by atoms with van der Waals surface area (Å²) >= 11 is 0. The van der Waals surface area contributed by atoms with E-state index >= 15 is 0 Å². The number of carbonyl (C=O) groups excluding carboxylic acids is 2. The number of ether oxygens (including phenoxy) is 1. The van der Waals surface area contributed by atoms with Gasteiger partial charge in [-0.25, -0.2) is 4.79 Å². The predicted octanol–water partition coefficient (Wildman–Crippen LogP) is 3.65. The molecule has 0 aliphatic rings. The first-order valence-corrected chi connectivity index (χ1v) is 7.22. The van der Waals surface area contributed by atoms with Crippen LogP contribution in [0.4, 0.5) is 5.69 Å². The van der Waals surface area contributed by atoms with Crippen LogP contribution < -0.4 is 5.32 Å². The molecule has 0 aliphatic carbocycles. The largest absolute Gasteiger partial charge is 0.449 e. The monoisotopic (exact) mass is 289 g/mol. The average molecular weight is 289 g/mol. The van der Waals surface area contributed by atoms with Crippen LogP contribution in [0.3, 0.4) is 0 Å². The van der Waals surface area contributed by atoms with Gasteiger partial charge in [0.2, 0.25) is 0 Å². The first-order chi connectivity index (χ1) is 9.93. The summed E-state index contributed by atoms with van der Waals surface area (Å²) in [6.45, 7) is 7.69. The molecule has 1 aromatic rings. The van der Waals surface area contributed by atoms with Crippen molar-refractivity contribution in [3.05, 3.63) is 42.0 Å². The third-order valence-corrected chi connectivity index (χ3v) is 3.00. The Kier molecular flexibility index (Phi) is 6.66. The third-order valence-electron chi connectivity index (χ3n) is 3.00. The zero-order chi connectivity index (χ0) is 15.8. The summed E-state index contributed by atoms with van der Waals surface area (Å²) in [6.07, 6.45) is 2.94.